The molecule has 0 radical (unpaired) electrons. The number of para-hydroxylation sites is 1. The van der Waals surface area contributed by atoms with E-state index in [9.17, 15) is 5.11 Å². The fraction of sp³-hybridized carbons (Fsp3) is 0.700. The van der Waals surface area contributed by atoms with Crippen molar-refractivity contribution < 1.29 is 14.6 Å². The van der Waals surface area contributed by atoms with Crippen LogP contribution in [0, 0.1) is 12.3 Å². The van der Waals surface area contributed by atoms with Crippen LogP contribution in [-0.2, 0) is 4.74 Å². The van der Waals surface area contributed by atoms with E-state index in [0.29, 0.717) is 30.7 Å². The van der Waals surface area contributed by atoms with Crippen molar-refractivity contribution in [1.82, 2.24) is 5.32 Å². The summed E-state index contributed by atoms with van der Waals surface area (Å²) in [6, 6.07) is 8.39. The van der Waals surface area contributed by atoms with Crippen LogP contribution in [0.1, 0.15) is 44.6 Å². The highest BCUT2D eigenvalue weighted by molar-refractivity contribution is 5.31. The zero-order valence-corrected chi connectivity index (χ0v) is 15.0. The zero-order valence-electron chi connectivity index (χ0n) is 15.0. The van der Waals surface area contributed by atoms with Gasteiger partial charge in [0.1, 0.15) is 18.5 Å². The monoisotopic (exact) mass is 333 g/mol. The van der Waals surface area contributed by atoms with Crippen LogP contribution in [0.15, 0.2) is 24.3 Å². The van der Waals surface area contributed by atoms with Gasteiger partial charge in [-0.05, 0) is 44.7 Å². The van der Waals surface area contributed by atoms with Gasteiger partial charge in [0.2, 0.25) is 0 Å². The number of ether oxygens (including phenoxy) is 2. The van der Waals surface area contributed by atoms with Gasteiger partial charge in [0, 0.05) is 24.6 Å². The van der Waals surface area contributed by atoms with E-state index in [-0.39, 0.29) is 0 Å². The van der Waals surface area contributed by atoms with E-state index < -0.39 is 6.10 Å². The average Bonchev–Trinajstić information content (AvgIpc) is 3.09. The second-order valence-corrected chi connectivity index (χ2v) is 7.31. The smallest absolute Gasteiger partial charge is 0.122 e. The fourth-order valence-corrected chi connectivity index (χ4v) is 4.41. The molecule has 4 heteroatoms. The Labute approximate surface area is 145 Å². The lowest BCUT2D eigenvalue weighted by Crippen LogP contribution is -2.63. The summed E-state index contributed by atoms with van der Waals surface area (Å²) in [4.78, 5) is 0. The molecular formula is C20H31NO3. The molecule has 0 aromatic heterocycles. The van der Waals surface area contributed by atoms with Gasteiger partial charge in [-0.1, -0.05) is 31.0 Å². The normalized spacial score (nSPS) is 26.3. The highest BCUT2D eigenvalue weighted by atomic mass is 16.5. The Bertz CT molecular complexity index is 527. The molecule has 0 amide bonds. The first-order chi connectivity index (χ1) is 11.7. The van der Waals surface area contributed by atoms with Gasteiger partial charge in [-0.15, -0.1) is 0 Å². The van der Waals surface area contributed by atoms with Crippen molar-refractivity contribution in [2.45, 2.75) is 64.2 Å². The van der Waals surface area contributed by atoms with Crippen molar-refractivity contribution in [3.63, 3.8) is 0 Å². The summed E-state index contributed by atoms with van der Waals surface area (Å²) in [5, 5.41) is 13.8. The largest absolute Gasteiger partial charge is 0.491 e. The Morgan fingerprint density at radius 1 is 1.29 bits per heavy atom. The van der Waals surface area contributed by atoms with E-state index in [0.717, 1.165) is 24.3 Å². The molecule has 0 saturated heterocycles. The molecule has 0 heterocycles. The van der Waals surface area contributed by atoms with Crippen molar-refractivity contribution >= 4 is 0 Å². The lowest BCUT2D eigenvalue weighted by atomic mass is 9.60. The Balaban J connectivity index is 1.45. The molecule has 1 spiro atoms. The predicted molar refractivity (Wildman–Crippen MR) is 95.4 cm³/mol. The zero-order chi connectivity index (χ0) is 17.0. The average molecular weight is 333 g/mol. The van der Waals surface area contributed by atoms with E-state index in [4.69, 9.17) is 9.47 Å². The summed E-state index contributed by atoms with van der Waals surface area (Å²) in [6.45, 7) is 5.80. The SMILES string of the molecule is CCO[C@@H]1C[C@H](NC[C@H](O)COc2ccccc2C)C12CCCC2. The van der Waals surface area contributed by atoms with Gasteiger partial charge in [-0.2, -0.15) is 0 Å². The number of benzene rings is 1. The van der Waals surface area contributed by atoms with Gasteiger partial charge < -0.3 is 19.9 Å². The number of hydrogen-bond donors (Lipinski definition) is 2. The lowest BCUT2D eigenvalue weighted by Gasteiger charge is -2.54. The van der Waals surface area contributed by atoms with Crippen LogP contribution < -0.4 is 10.1 Å². The van der Waals surface area contributed by atoms with Gasteiger partial charge >= 0.3 is 0 Å². The van der Waals surface area contributed by atoms with E-state index in [1.54, 1.807) is 0 Å². The van der Waals surface area contributed by atoms with Crippen molar-refractivity contribution in [2.75, 3.05) is 19.8 Å². The Hall–Kier alpha value is -1.10. The van der Waals surface area contributed by atoms with Crippen LogP contribution in [0.25, 0.3) is 0 Å². The molecule has 2 saturated carbocycles. The van der Waals surface area contributed by atoms with Crippen LogP contribution in [0.4, 0.5) is 0 Å². The number of hydrogen-bond acceptors (Lipinski definition) is 4. The molecular weight excluding hydrogens is 302 g/mol. The fourth-order valence-electron chi connectivity index (χ4n) is 4.41. The molecule has 134 valence electrons. The molecule has 2 fully saturated rings. The van der Waals surface area contributed by atoms with Crippen molar-refractivity contribution in [3.8, 4) is 5.75 Å². The van der Waals surface area contributed by atoms with Gasteiger partial charge in [-0.3, -0.25) is 0 Å². The van der Waals surface area contributed by atoms with Crippen LogP contribution in [0.5, 0.6) is 5.75 Å². The molecule has 2 aliphatic carbocycles. The maximum atomic E-state index is 10.3. The molecule has 24 heavy (non-hydrogen) atoms. The number of nitrogens with one attached hydrogen (secondary N) is 1. The van der Waals surface area contributed by atoms with E-state index in [1.807, 2.05) is 31.2 Å². The Morgan fingerprint density at radius 3 is 2.75 bits per heavy atom. The Kier molecular flexibility index (Phi) is 5.80. The number of aliphatic hydroxyl groups is 1. The quantitative estimate of drug-likeness (QED) is 0.768. The van der Waals surface area contributed by atoms with E-state index in [2.05, 4.69) is 12.2 Å². The van der Waals surface area contributed by atoms with E-state index in [1.165, 1.54) is 25.7 Å². The molecule has 4 nitrogen and oxygen atoms in total. The number of aliphatic hydroxyl groups excluding tert-OH is 1. The van der Waals surface area contributed by atoms with Gasteiger partial charge in [0.15, 0.2) is 0 Å². The molecule has 0 unspecified atom stereocenters. The minimum absolute atomic E-state index is 0.312. The van der Waals surface area contributed by atoms with Crippen LogP contribution in [0.3, 0.4) is 0 Å². The molecule has 3 atom stereocenters. The summed E-state index contributed by atoms with van der Waals surface area (Å²) < 4.78 is 11.7. The molecule has 1 aromatic rings. The van der Waals surface area contributed by atoms with Crippen molar-refractivity contribution in [1.29, 1.82) is 0 Å². The molecule has 1 aromatic carbocycles. The third kappa shape index (κ3) is 3.61. The summed E-state index contributed by atoms with van der Waals surface area (Å²) in [5.41, 5.74) is 1.41. The summed E-state index contributed by atoms with van der Waals surface area (Å²) in [5.74, 6) is 0.851. The van der Waals surface area contributed by atoms with Crippen LogP contribution in [0.2, 0.25) is 0 Å². The molecule has 3 rings (SSSR count). The Morgan fingerprint density at radius 2 is 2.04 bits per heavy atom. The maximum absolute atomic E-state index is 10.3. The van der Waals surface area contributed by atoms with Gasteiger partial charge in [-0.25, -0.2) is 0 Å². The molecule has 0 bridgehead atoms. The predicted octanol–water partition coefficient (Wildman–Crippen LogP) is 3.06. The first-order valence-electron chi connectivity index (χ1n) is 9.37. The molecule has 2 aliphatic rings. The van der Waals surface area contributed by atoms with Gasteiger partial charge in [0.05, 0.1) is 6.10 Å². The highest BCUT2D eigenvalue weighted by Gasteiger charge is 2.56. The third-order valence-electron chi connectivity index (χ3n) is 5.81. The maximum Gasteiger partial charge on any atom is 0.122 e. The van der Waals surface area contributed by atoms with Crippen molar-refractivity contribution in [2.24, 2.45) is 5.41 Å². The lowest BCUT2D eigenvalue weighted by molar-refractivity contribution is -0.131. The standard InChI is InChI=1S/C20H31NO3/c1-3-23-19-12-18(20(19)10-6-7-11-20)21-13-16(22)14-24-17-9-5-4-8-15(17)2/h4-5,8-9,16,18-19,21-22H,3,6-7,10-14H2,1-2H3/t16-,18-,19+/m0/s1. The minimum atomic E-state index is -0.491. The van der Waals surface area contributed by atoms with Gasteiger partial charge in [0.25, 0.3) is 0 Å². The summed E-state index contributed by atoms with van der Waals surface area (Å²) in [6.07, 6.45) is 6.11. The third-order valence-corrected chi connectivity index (χ3v) is 5.81. The van der Waals surface area contributed by atoms with Crippen molar-refractivity contribution in [3.05, 3.63) is 29.8 Å². The number of rotatable bonds is 8. The van der Waals surface area contributed by atoms with Crippen LogP contribution >= 0.6 is 0 Å². The van der Waals surface area contributed by atoms with E-state index >= 15 is 0 Å². The minimum Gasteiger partial charge on any atom is -0.491 e. The number of aryl methyl sites for hydroxylation is 1. The molecule has 2 N–H and O–H groups in total. The highest BCUT2D eigenvalue weighted by Crippen LogP contribution is 2.54. The molecule has 0 aliphatic heterocycles. The first kappa shape index (κ1) is 17.7. The van der Waals surface area contributed by atoms with Crippen LogP contribution in [-0.4, -0.2) is 43.1 Å². The topological polar surface area (TPSA) is 50.7 Å². The summed E-state index contributed by atoms with van der Waals surface area (Å²) in [7, 11) is 0. The summed E-state index contributed by atoms with van der Waals surface area (Å²) >= 11 is 0. The second-order valence-electron chi connectivity index (χ2n) is 7.31. The second kappa shape index (κ2) is 7.85. The first-order valence-corrected chi connectivity index (χ1v) is 9.37.